The van der Waals surface area contributed by atoms with Crippen LogP contribution in [0.3, 0.4) is 0 Å². The van der Waals surface area contributed by atoms with Crippen molar-refractivity contribution in [2.75, 3.05) is 33.7 Å². The normalized spacial score (nSPS) is 16.2. The quantitative estimate of drug-likeness (QED) is 0.798. The van der Waals surface area contributed by atoms with Crippen molar-refractivity contribution in [3.63, 3.8) is 0 Å². The van der Waals surface area contributed by atoms with Crippen LogP contribution in [0, 0.1) is 5.92 Å². The number of nitrogens with zero attached hydrogens (tertiary/aromatic N) is 2. The van der Waals surface area contributed by atoms with Gasteiger partial charge in [-0.15, -0.1) is 0 Å². The molecule has 1 aromatic rings. The summed E-state index contributed by atoms with van der Waals surface area (Å²) in [7, 11) is 4.22. The van der Waals surface area contributed by atoms with E-state index in [2.05, 4.69) is 23.9 Å². The minimum absolute atomic E-state index is 0.362. The first kappa shape index (κ1) is 18.0. The number of hydrogen-bond donors (Lipinski definition) is 1. The van der Waals surface area contributed by atoms with Crippen molar-refractivity contribution in [1.82, 2.24) is 9.80 Å². The Morgan fingerprint density at radius 1 is 1.09 bits per heavy atom. The van der Waals surface area contributed by atoms with Gasteiger partial charge in [-0.2, -0.15) is 0 Å². The number of aromatic carboxylic acids is 1. The van der Waals surface area contributed by atoms with E-state index in [-0.39, 0.29) is 0 Å². The van der Waals surface area contributed by atoms with Crippen LogP contribution in [0.4, 0.5) is 0 Å². The molecule has 23 heavy (non-hydrogen) atoms. The summed E-state index contributed by atoms with van der Waals surface area (Å²) in [5.74, 6) is -0.0348. The average molecular weight is 318 g/mol. The lowest BCUT2D eigenvalue weighted by Crippen LogP contribution is -2.35. The van der Waals surface area contributed by atoms with Crippen LogP contribution in [0.5, 0.6) is 0 Å². The van der Waals surface area contributed by atoms with Gasteiger partial charge >= 0.3 is 5.97 Å². The van der Waals surface area contributed by atoms with Crippen molar-refractivity contribution < 1.29 is 9.90 Å². The van der Waals surface area contributed by atoms with Gasteiger partial charge in [-0.3, -0.25) is 4.90 Å². The fourth-order valence-corrected chi connectivity index (χ4v) is 3.32. The number of likely N-dealkylation sites (N-methyl/N-ethyl adjacent to an activating group) is 1. The number of hydrogen-bond acceptors (Lipinski definition) is 3. The summed E-state index contributed by atoms with van der Waals surface area (Å²) in [6.45, 7) is 4.18. The second-order valence-corrected chi connectivity index (χ2v) is 7.04. The predicted octanol–water partition coefficient (Wildman–Crippen LogP) is 3.33. The summed E-state index contributed by atoms with van der Waals surface area (Å²) in [4.78, 5) is 15.7. The van der Waals surface area contributed by atoms with Gasteiger partial charge in [0.15, 0.2) is 0 Å². The van der Waals surface area contributed by atoms with Crippen LogP contribution in [-0.2, 0) is 6.54 Å². The smallest absolute Gasteiger partial charge is 0.335 e. The zero-order valence-corrected chi connectivity index (χ0v) is 14.5. The Kier molecular flexibility index (Phi) is 7.06. The van der Waals surface area contributed by atoms with E-state index in [9.17, 15) is 4.79 Å². The number of carboxylic acids is 1. The fourth-order valence-electron chi connectivity index (χ4n) is 3.32. The third-order valence-corrected chi connectivity index (χ3v) is 4.71. The van der Waals surface area contributed by atoms with Gasteiger partial charge in [0.05, 0.1) is 5.56 Å². The van der Waals surface area contributed by atoms with Crippen molar-refractivity contribution >= 4 is 5.97 Å². The minimum Gasteiger partial charge on any atom is -0.478 e. The first-order chi connectivity index (χ1) is 11.0. The zero-order chi connectivity index (χ0) is 16.7. The lowest BCUT2D eigenvalue weighted by Gasteiger charge is -2.30. The Bertz CT molecular complexity index is 479. The number of carboxylic acid groups (broad SMARTS) is 1. The molecular weight excluding hydrogens is 288 g/mol. The van der Waals surface area contributed by atoms with Gasteiger partial charge in [-0.25, -0.2) is 4.79 Å². The van der Waals surface area contributed by atoms with Gasteiger partial charge < -0.3 is 10.0 Å². The minimum atomic E-state index is -0.858. The summed E-state index contributed by atoms with van der Waals surface area (Å²) >= 11 is 0. The molecule has 1 aliphatic carbocycles. The molecule has 0 atom stereocenters. The summed E-state index contributed by atoms with van der Waals surface area (Å²) in [5.41, 5.74) is 1.56. The first-order valence-electron chi connectivity index (χ1n) is 8.74. The van der Waals surface area contributed by atoms with Crippen LogP contribution >= 0.6 is 0 Å². The average Bonchev–Trinajstić information content (AvgIpc) is 2.54. The van der Waals surface area contributed by atoms with Crippen LogP contribution in [0.25, 0.3) is 0 Å². The highest BCUT2D eigenvalue weighted by molar-refractivity contribution is 5.87. The molecule has 4 nitrogen and oxygen atoms in total. The van der Waals surface area contributed by atoms with Gasteiger partial charge in [-0.1, -0.05) is 31.4 Å². The topological polar surface area (TPSA) is 43.8 Å². The first-order valence-corrected chi connectivity index (χ1v) is 8.74. The molecule has 0 bridgehead atoms. The van der Waals surface area contributed by atoms with E-state index >= 15 is 0 Å². The molecule has 0 aliphatic heterocycles. The van der Waals surface area contributed by atoms with Crippen molar-refractivity contribution in [2.24, 2.45) is 5.92 Å². The van der Waals surface area contributed by atoms with Gasteiger partial charge in [-0.05, 0) is 50.6 Å². The molecule has 1 saturated carbocycles. The Hall–Kier alpha value is -1.39. The van der Waals surface area contributed by atoms with Crippen LogP contribution in [0.1, 0.15) is 48.0 Å². The van der Waals surface area contributed by atoms with Gasteiger partial charge in [0.25, 0.3) is 0 Å². The largest absolute Gasteiger partial charge is 0.478 e. The van der Waals surface area contributed by atoms with Gasteiger partial charge in [0.1, 0.15) is 0 Å². The molecule has 128 valence electrons. The Labute approximate surface area is 140 Å². The van der Waals surface area contributed by atoms with Crippen molar-refractivity contribution in [2.45, 2.75) is 38.6 Å². The lowest BCUT2D eigenvalue weighted by molar-refractivity contribution is 0.0697. The van der Waals surface area contributed by atoms with E-state index in [1.54, 1.807) is 12.1 Å². The molecule has 1 aliphatic rings. The lowest BCUT2D eigenvalue weighted by atomic mass is 9.89. The SMILES string of the molecule is CN(C)CCN(Cc1ccc(C(=O)O)cc1)CC1CCCCC1. The number of carbonyl (C=O) groups is 1. The molecule has 1 fully saturated rings. The molecule has 0 radical (unpaired) electrons. The fraction of sp³-hybridized carbons (Fsp3) is 0.632. The van der Waals surface area contributed by atoms with E-state index < -0.39 is 5.97 Å². The zero-order valence-electron chi connectivity index (χ0n) is 14.5. The molecule has 2 rings (SSSR count). The highest BCUT2D eigenvalue weighted by atomic mass is 16.4. The van der Waals surface area contributed by atoms with Gasteiger partial charge in [0.2, 0.25) is 0 Å². The molecule has 0 saturated heterocycles. The molecule has 0 unspecified atom stereocenters. The summed E-state index contributed by atoms with van der Waals surface area (Å²) in [6, 6.07) is 7.32. The van der Waals surface area contributed by atoms with Crippen molar-refractivity contribution in [3.05, 3.63) is 35.4 Å². The van der Waals surface area contributed by atoms with Crippen molar-refractivity contribution in [1.29, 1.82) is 0 Å². The highest BCUT2D eigenvalue weighted by Crippen LogP contribution is 2.25. The van der Waals surface area contributed by atoms with Crippen LogP contribution in [0.2, 0.25) is 0 Å². The molecule has 4 heteroatoms. The maximum Gasteiger partial charge on any atom is 0.335 e. The monoisotopic (exact) mass is 318 g/mol. The van der Waals surface area contributed by atoms with Gasteiger partial charge in [0, 0.05) is 26.2 Å². The summed E-state index contributed by atoms with van der Waals surface area (Å²) in [5, 5.41) is 9.00. The molecule has 1 aromatic carbocycles. The van der Waals surface area contributed by atoms with Crippen LogP contribution in [-0.4, -0.2) is 54.6 Å². The maximum absolute atomic E-state index is 11.0. The Morgan fingerprint density at radius 2 is 1.74 bits per heavy atom. The van der Waals surface area contributed by atoms with Crippen LogP contribution < -0.4 is 0 Å². The third kappa shape index (κ3) is 6.32. The van der Waals surface area contributed by atoms with Crippen LogP contribution in [0.15, 0.2) is 24.3 Å². The van der Waals surface area contributed by atoms with E-state index in [1.165, 1.54) is 37.7 Å². The molecular formula is C19H30N2O2. The second-order valence-electron chi connectivity index (χ2n) is 7.04. The van der Waals surface area contributed by atoms with E-state index in [4.69, 9.17) is 5.11 Å². The molecule has 0 aromatic heterocycles. The van der Waals surface area contributed by atoms with E-state index in [1.807, 2.05) is 12.1 Å². The van der Waals surface area contributed by atoms with E-state index in [0.29, 0.717) is 5.56 Å². The number of benzene rings is 1. The Morgan fingerprint density at radius 3 is 2.30 bits per heavy atom. The highest BCUT2D eigenvalue weighted by Gasteiger charge is 2.17. The predicted molar refractivity (Wildman–Crippen MR) is 93.8 cm³/mol. The summed E-state index contributed by atoms with van der Waals surface area (Å²) in [6.07, 6.45) is 6.86. The standard InChI is InChI=1S/C19H30N2O2/c1-20(2)12-13-21(14-16-6-4-3-5-7-16)15-17-8-10-18(11-9-17)19(22)23/h8-11,16H,3-7,12-15H2,1-2H3,(H,22,23). The van der Waals surface area contributed by atoms with Crippen molar-refractivity contribution in [3.8, 4) is 0 Å². The molecule has 1 N–H and O–H groups in total. The number of rotatable bonds is 8. The third-order valence-electron chi connectivity index (χ3n) is 4.71. The second kappa shape index (κ2) is 9.04. The maximum atomic E-state index is 11.0. The van der Waals surface area contributed by atoms with E-state index in [0.717, 1.165) is 32.1 Å². The Balaban J connectivity index is 1.95. The molecule has 0 spiro atoms. The summed E-state index contributed by atoms with van der Waals surface area (Å²) < 4.78 is 0. The molecule has 0 heterocycles. The molecule has 0 amide bonds.